The number of rotatable bonds is 4. The molecule has 0 amide bonds. The van der Waals surface area contributed by atoms with Crippen LogP contribution in [0.2, 0.25) is 0 Å². The molecule has 0 aliphatic carbocycles. The lowest BCUT2D eigenvalue weighted by molar-refractivity contribution is 0.0893. The van der Waals surface area contributed by atoms with Crippen molar-refractivity contribution in [2.75, 3.05) is 0 Å². The van der Waals surface area contributed by atoms with Gasteiger partial charge in [-0.1, -0.05) is 24.3 Å². The van der Waals surface area contributed by atoms with Gasteiger partial charge in [0.2, 0.25) is 0 Å². The molecule has 0 aromatic heterocycles. The summed E-state index contributed by atoms with van der Waals surface area (Å²) in [6.45, 7) is 0. The Morgan fingerprint density at radius 2 is 1.80 bits per heavy atom. The zero-order valence-electron chi connectivity index (χ0n) is 10.5. The molecule has 0 atom stereocenters. The van der Waals surface area contributed by atoms with Gasteiger partial charge in [0.05, 0.1) is 23.6 Å². The van der Waals surface area contributed by atoms with Crippen molar-refractivity contribution in [3.05, 3.63) is 65.2 Å². The van der Waals surface area contributed by atoms with Crippen molar-refractivity contribution in [3.8, 4) is 11.8 Å². The van der Waals surface area contributed by atoms with Gasteiger partial charge in [0.1, 0.15) is 5.75 Å². The lowest BCUT2D eigenvalue weighted by atomic mass is 10.00. The lowest BCUT2D eigenvalue weighted by Gasteiger charge is -2.03. The van der Waals surface area contributed by atoms with Crippen molar-refractivity contribution in [3.63, 3.8) is 0 Å². The van der Waals surface area contributed by atoms with Crippen LogP contribution in [0.15, 0.2) is 48.5 Å². The fourth-order valence-electron chi connectivity index (χ4n) is 1.81. The van der Waals surface area contributed by atoms with Gasteiger partial charge >= 0.3 is 0 Å². The number of phenols is 1. The number of carbonyl (C=O) groups is 2. The highest BCUT2D eigenvalue weighted by Crippen LogP contribution is 2.18. The van der Waals surface area contributed by atoms with Gasteiger partial charge in [-0.2, -0.15) is 5.26 Å². The number of para-hydroxylation sites is 1. The molecule has 2 aromatic carbocycles. The maximum atomic E-state index is 12.0. The summed E-state index contributed by atoms with van der Waals surface area (Å²) in [7, 11) is 0. The molecular formula is C16H11NO3. The quantitative estimate of drug-likeness (QED) is 0.681. The molecule has 0 aliphatic heterocycles. The molecule has 0 heterocycles. The van der Waals surface area contributed by atoms with Crippen LogP contribution in [-0.2, 0) is 0 Å². The van der Waals surface area contributed by atoms with Crippen molar-refractivity contribution in [2.45, 2.75) is 6.42 Å². The second-order valence-electron chi connectivity index (χ2n) is 4.23. The molecule has 2 rings (SSSR count). The molecule has 0 spiro atoms. The van der Waals surface area contributed by atoms with Crippen molar-refractivity contribution < 1.29 is 14.7 Å². The van der Waals surface area contributed by atoms with Crippen LogP contribution in [0.5, 0.6) is 5.75 Å². The summed E-state index contributed by atoms with van der Waals surface area (Å²) in [6, 6.07) is 14.2. The van der Waals surface area contributed by atoms with E-state index in [1.165, 1.54) is 18.2 Å². The van der Waals surface area contributed by atoms with Gasteiger partial charge in [-0.05, 0) is 24.3 Å². The highest BCUT2D eigenvalue weighted by Gasteiger charge is 2.16. The number of hydrogen-bond acceptors (Lipinski definition) is 4. The SMILES string of the molecule is N#Cc1cccc(C(=O)CC(=O)c2ccccc2O)c1. The maximum absolute atomic E-state index is 12.0. The number of Topliss-reactive ketones (excluding diaryl/α,β-unsaturated/α-hetero) is 2. The normalized spacial score (nSPS) is 9.75. The molecule has 0 fully saturated rings. The summed E-state index contributed by atoms with van der Waals surface area (Å²) in [5, 5.41) is 18.4. The largest absolute Gasteiger partial charge is 0.507 e. The predicted molar refractivity (Wildman–Crippen MR) is 72.5 cm³/mol. The molecule has 0 saturated heterocycles. The van der Waals surface area contributed by atoms with E-state index >= 15 is 0 Å². The first-order valence-corrected chi connectivity index (χ1v) is 5.96. The van der Waals surface area contributed by atoms with E-state index in [-0.39, 0.29) is 23.5 Å². The zero-order chi connectivity index (χ0) is 14.5. The number of benzene rings is 2. The molecule has 0 unspecified atom stereocenters. The van der Waals surface area contributed by atoms with E-state index in [1.54, 1.807) is 30.3 Å². The van der Waals surface area contributed by atoms with E-state index in [0.29, 0.717) is 11.1 Å². The number of phenolic OH excluding ortho intramolecular Hbond substituents is 1. The highest BCUT2D eigenvalue weighted by molar-refractivity contribution is 6.14. The molecule has 0 saturated carbocycles. The minimum atomic E-state index is -0.449. The summed E-state index contributed by atoms with van der Waals surface area (Å²) < 4.78 is 0. The first-order valence-electron chi connectivity index (χ1n) is 5.96. The Morgan fingerprint density at radius 1 is 1.05 bits per heavy atom. The summed E-state index contributed by atoms with van der Waals surface area (Å²) in [6.07, 6.45) is -0.341. The van der Waals surface area contributed by atoms with Gasteiger partial charge < -0.3 is 5.11 Å². The first-order chi connectivity index (χ1) is 9.61. The van der Waals surface area contributed by atoms with E-state index < -0.39 is 5.78 Å². The number of carbonyl (C=O) groups excluding carboxylic acids is 2. The second kappa shape index (κ2) is 5.81. The van der Waals surface area contributed by atoms with E-state index in [0.717, 1.165) is 0 Å². The number of nitrogens with zero attached hydrogens (tertiary/aromatic N) is 1. The van der Waals surface area contributed by atoms with Crippen molar-refractivity contribution >= 4 is 11.6 Å². The van der Waals surface area contributed by atoms with Crippen molar-refractivity contribution in [2.24, 2.45) is 0 Å². The molecule has 98 valence electrons. The van der Waals surface area contributed by atoms with Crippen LogP contribution in [0, 0.1) is 11.3 Å². The Bertz CT molecular complexity index is 714. The molecule has 20 heavy (non-hydrogen) atoms. The van der Waals surface area contributed by atoms with Crippen LogP contribution in [0.25, 0.3) is 0 Å². The molecular weight excluding hydrogens is 254 g/mol. The van der Waals surface area contributed by atoms with Crippen LogP contribution in [-0.4, -0.2) is 16.7 Å². The van der Waals surface area contributed by atoms with Crippen LogP contribution in [0.1, 0.15) is 32.7 Å². The summed E-state index contributed by atoms with van der Waals surface area (Å²) in [4.78, 5) is 24.0. The Hall–Kier alpha value is -2.93. The minimum absolute atomic E-state index is 0.122. The minimum Gasteiger partial charge on any atom is -0.507 e. The maximum Gasteiger partial charge on any atom is 0.174 e. The fourth-order valence-corrected chi connectivity index (χ4v) is 1.81. The molecule has 1 N–H and O–H groups in total. The fraction of sp³-hybridized carbons (Fsp3) is 0.0625. The molecule has 0 aliphatic rings. The van der Waals surface area contributed by atoms with Gasteiger partial charge in [-0.15, -0.1) is 0 Å². The van der Waals surface area contributed by atoms with E-state index in [2.05, 4.69) is 0 Å². The number of aromatic hydroxyl groups is 1. The van der Waals surface area contributed by atoms with E-state index in [1.807, 2.05) is 6.07 Å². The molecule has 0 radical (unpaired) electrons. The van der Waals surface area contributed by atoms with Crippen molar-refractivity contribution in [1.82, 2.24) is 0 Å². The Morgan fingerprint density at radius 3 is 2.50 bits per heavy atom. The predicted octanol–water partition coefficient (Wildman–Crippen LogP) is 2.72. The van der Waals surface area contributed by atoms with Crippen LogP contribution in [0.4, 0.5) is 0 Å². The summed E-state index contributed by atoms with van der Waals surface area (Å²) >= 11 is 0. The summed E-state index contributed by atoms with van der Waals surface area (Å²) in [5.41, 5.74) is 0.802. The Labute approximate surface area is 115 Å². The Balaban J connectivity index is 2.18. The third kappa shape index (κ3) is 2.90. The average molecular weight is 265 g/mol. The standard InChI is InChI=1S/C16H11NO3/c17-10-11-4-3-5-12(8-11)15(19)9-16(20)13-6-1-2-7-14(13)18/h1-8,18H,9H2. The van der Waals surface area contributed by atoms with E-state index in [9.17, 15) is 14.7 Å². The van der Waals surface area contributed by atoms with Crippen molar-refractivity contribution in [1.29, 1.82) is 5.26 Å². The smallest absolute Gasteiger partial charge is 0.174 e. The second-order valence-corrected chi connectivity index (χ2v) is 4.23. The highest BCUT2D eigenvalue weighted by atomic mass is 16.3. The van der Waals surface area contributed by atoms with Crippen LogP contribution in [0.3, 0.4) is 0 Å². The van der Waals surface area contributed by atoms with Gasteiger partial charge in [-0.25, -0.2) is 0 Å². The topological polar surface area (TPSA) is 78.2 Å². The molecule has 0 bridgehead atoms. The average Bonchev–Trinajstić information content (AvgIpc) is 2.47. The first kappa shape index (κ1) is 13.5. The summed E-state index contributed by atoms with van der Waals surface area (Å²) in [5.74, 6) is -0.970. The van der Waals surface area contributed by atoms with Crippen LogP contribution >= 0.6 is 0 Å². The number of ketones is 2. The lowest BCUT2D eigenvalue weighted by Crippen LogP contribution is -2.09. The van der Waals surface area contributed by atoms with Crippen LogP contribution < -0.4 is 0 Å². The number of nitriles is 1. The van der Waals surface area contributed by atoms with Gasteiger partial charge in [0.25, 0.3) is 0 Å². The van der Waals surface area contributed by atoms with Gasteiger partial charge in [0, 0.05) is 5.56 Å². The zero-order valence-corrected chi connectivity index (χ0v) is 10.5. The molecule has 4 heteroatoms. The van der Waals surface area contributed by atoms with Gasteiger partial charge in [0.15, 0.2) is 11.6 Å². The monoisotopic (exact) mass is 265 g/mol. The molecule has 2 aromatic rings. The van der Waals surface area contributed by atoms with E-state index in [4.69, 9.17) is 5.26 Å². The van der Waals surface area contributed by atoms with Gasteiger partial charge in [-0.3, -0.25) is 9.59 Å². The third-order valence-electron chi connectivity index (χ3n) is 2.84. The number of hydrogen-bond donors (Lipinski definition) is 1. The third-order valence-corrected chi connectivity index (χ3v) is 2.84. The Kier molecular flexibility index (Phi) is 3.92. The molecule has 4 nitrogen and oxygen atoms in total.